The monoisotopic (exact) mass is 761 g/mol. The summed E-state index contributed by atoms with van der Waals surface area (Å²) in [6.45, 7) is 41.7. The first-order valence-electron chi connectivity index (χ1n) is 19.0. The van der Waals surface area contributed by atoms with Gasteiger partial charge in [0.2, 0.25) is 0 Å². The number of cyclic esters (lactones) is 2. The van der Waals surface area contributed by atoms with Crippen LogP contribution in [0.25, 0.3) is 0 Å². The van der Waals surface area contributed by atoms with Crippen molar-refractivity contribution in [2.24, 2.45) is 21.7 Å². The lowest BCUT2D eigenvalue weighted by Gasteiger charge is -2.38. The van der Waals surface area contributed by atoms with Crippen LogP contribution in [0.1, 0.15) is 174 Å². The Labute approximate surface area is 327 Å². The van der Waals surface area contributed by atoms with Gasteiger partial charge in [-0.05, 0) is 63.5 Å². The molecule has 1 fully saturated rings. The van der Waals surface area contributed by atoms with Gasteiger partial charge in [0.25, 0.3) is 5.79 Å². The van der Waals surface area contributed by atoms with Crippen LogP contribution in [-0.2, 0) is 45.5 Å². The third kappa shape index (κ3) is 28.4. The van der Waals surface area contributed by atoms with E-state index in [4.69, 9.17) is 9.47 Å². The molecule has 6 nitrogen and oxygen atoms in total. The molecule has 7 heteroatoms. The van der Waals surface area contributed by atoms with Crippen molar-refractivity contribution >= 4 is 21.8 Å². The number of esters is 2. The Bertz CT molecular complexity index is 1420. The van der Waals surface area contributed by atoms with E-state index in [2.05, 4.69) is 148 Å². The van der Waals surface area contributed by atoms with Crippen LogP contribution in [0.4, 0.5) is 0 Å². The van der Waals surface area contributed by atoms with Crippen molar-refractivity contribution < 1.29 is 27.5 Å². The summed E-state index contributed by atoms with van der Waals surface area (Å²) in [7, 11) is -2.93. The van der Waals surface area contributed by atoms with Crippen molar-refractivity contribution in [1.29, 1.82) is 0 Å². The Morgan fingerprint density at radius 3 is 1.19 bits per heavy atom. The quantitative estimate of drug-likeness (QED) is 0.223. The van der Waals surface area contributed by atoms with E-state index < -0.39 is 33.0 Å². The van der Waals surface area contributed by atoms with Crippen molar-refractivity contribution in [1.82, 2.24) is 0 Å². The fraction of sp³-hybridized carbons (Fsp3) is 0.696. The lowest BCUT2D eigenvalue weighted by atomic mass is 9.80. The standard InChI is InChI=1S/C14H24O4.C12H18O2S.C10H14.2C5H12/c1-12(2,3)8-7-9-14(6)10(15)17-13(4,5)18-11(14)16;1-12(2,3)11-7-5-10(6-8-11)9-15(4,13)14;1-10(2,3)9-7-5-4-6-8-9;2*1-5(2,3)4/h7-9H2,1-6H3;5-8H,9H2,1-4H3;4-8H,1-3H3;2*1-4H3. The molecule has 2 aromatic rings. The third-order valence-electron chi connectivity index (χ3n) is 7.07. The van der Waals surface area contributed by atoms with Crippen LogP contribution >= 0.6 is 0 Å². The lowest BCUT2D eigenvalue weighted by molar-refractivity contribution is -0.250. The molecule has 0 radical (unpaired) electrons. The van der Waals surface area contributed by atoms with Crippen LogP contribution in [-0.4, -0.2) is 32.4 Å². The van der Waals surface area contributed by atoms with E-state index >= 15 is 0 Å². The largest absolute Gasteiger partial charge is 0.422 e. The maximum atomic E-state index is 12.0. The first kappa shape index (κ1) is 52.4. The molecule has 0 unspecified atom stereocenters. The average molecular weight is 761 g/mol. The molecular weight excluding hydrogens is 681 g/mol. The number of sulfone groups is 1. The number of ether oxygens (including phenoxy) is 2. The Morgan fingerprint density at radius 1 is 0.566 bits per heavy atom. The van der Waals surface area contributed by atoms with Crippen LogP contribution in [0.5, 0.6) is 0 Å². The highest BCUT2D eigenvalue weighted by Crippen LogP contribution is 2.37. The number of hydrogen-bond donors (Lipinski definition) is 0. The fourth-order valence-electron chi connectivity index (χ4n) is 4.29. The van der Waals surface area contributed by atoms with Crippen molar-refractivity contribution in [3.05, 3.63) is 71.3 Å². The van der Waals surface area contributed by atoms with Crippen LogP contribution in [0.2, 0.25) is 0 Å². The minimum Gasteiger partial charge on any atom is -0.422 e. The molecule has 2 aromatic carbocycles. The fourth-order valence-corrected chi connectivity index (χ4v) is 5.09. The maximum Gasteiger partial charge on any atom is 0.326 e. The van der Waals surface area contributed by atoms with Crippen molar-refractivity contribution in [2.45, 2.75) is 180 Å². The number of carbonyl (C=O) groups is 2. The van der Waals surface area contributed by atoms with Gasteiger partial charge in [-0.1, -0.05) is 179 Å². The predicted molar refractivity (Wildman–Crippen MR) is 227 cm³/mol. The molecule has 1 aliphatic rings. The molecule has 0 saturated carbocycles. The summed E-state index contributed by atoms with van der Waals surface area (Å²) in [4.78, 5) is 23.9. The summed E-state index contributed by atoms with van der Waals surface area (Å²) in [6, 6.07) is 18.3. The van der Waals surface area contributed by atoms with Gasteiger partial charge in [-0.25, -0.2) is 8.42 Å². The molecule has 0 spiro atoms. The lowest BCUT2D eigenvalue weighted by Crippen LogP contribution is -2.52. The minimum atomic E-state index is -2.93. The smallest absolute Gasteiger partial charge is 0.326 e. The number of rotatable bonds is 5. The van der Waals surface area contributed by atoms with E-state index in [0.29, 0.717) is 22.7 Å². The molecule has 0 atom stereocenters. The molecule has 0 bridgehead atoms. The average Bonchev–Trinajstić information content (AvgIpc) is 2.89. The van der Waals surface area contributed by atoms with Crippen LogP contribution < -0.4 is 0 Å². The number of benzene rings is 2. The van der Waals surface area contributed by atoms with Gasteiger partial charge in [-0.3, -0.25) is 9.59 Å². The summed E-state index contributed by atoms with van der Waals surface area (Å²) in [5, 5.41) is 0. The Balaban J connectivity index is 0. The summed E-state index contributed by atoms with van der Waals surface area (Å²) in [5.41, 5.74) is 3.92. The van der Waals surface area contributed by atoms with Gasteiger partial charge in [0.15, 0.2) is 15.3 Å². The number of carbonyl (C=O) groups excluding carboxylic acids is 2. The van der Waals surface area contributed by atoms with Crippen molar-refractivity contribution in [3.8, 4) is 0 Å². The first-order valence-corrected chi connectivity index (χ1v) is 21.1. The molecule has 306 valence electrons. The molecule has 1 aliphatic heterocycles. The molecule has 3 rings (SSSR count). The molecule has 0 aliphatic carbocycles. The summed E-state index contributed by atoms with van der Waals surface area (Å²) < 4.78 is 32.5. The van der Waals surface area contributed by atoms with Crippen LogP contribution in [0, 0.1) is 21.7 Å². The van der Waals surface area contributed by atoms with Gasteiger partial charge in [0.1, 0.15) is 0 Å². The molecule has 1 heterocycles. The summed E-state index contributed by atoms with van der Waals surface area (Å²) in [6.07, 6.45) is 3.47. The zero-order valence-electron chi connectivity index (χ0n) is 37.9. The van der Waals surface area contributed by atoms with Gasteiger partial charge in [0, 0.05) is 20.1 Å². The number of hydrogen-bond acceptors (Lipinski definition) is 6. The van der Waals surface area contributed by atoms with E-state index in [0.717, 1.165) is 18.4 Å². The molecule has 53 heavy (non-hydrogen) atoms. The summed E-state index contributed by atoms with van der Waals surface area (Å²) in [5.74, 6) is -1.97. The summed E-state index contributed by atoms with van der Waals surface area (Å²) >= 11 is 0. The first-order chi connectivity index (χ1) is 23.3. The van der Waals surface area contributed by atoms with Gasteiger partial charge >= 0.3 is 11.9 Å². The topological polar surface area (TPSA) is 86.7 Å². The second-order valence-corrected chi connectivity index (χ2v) is 23.7. The van der Waals surface area contributed by atoms with Crippen LogP contribution in [0.3, 0.4) is 0 Å². The zero-order valence-corrected chi connectivity index (χ0v) is 38.7. The van der Waals surface area contributed by atoms with Gasteiger partial charge in [0.05, 0.1) is 5.75 Å². The Morgan fingerprint density at radius 2 is 0.906 bits per heavy atom. The van der Waals surface area contributed by atoms with Gasteiger partial charge in [-0.2, -0.15) is 0 Å². The third-order valence-corrected chi connectivity index (χ3v) is 7.93. The van der Waals surface area contributed by atoms with Gasteiger partial charge < -0.3 is 9.47 Å². The van der Waals surface area contributed by atoms with E-state index in [9.17, 15) is 18.0 Å². The SMILES string of the molecule is CC(C)(C)C.CC(C)(C)C.CC(C)(C)CCCC1(C)C(=O)OC(C)(C)OC1=O.CC(C)(C)c1ccc(CS(C)(=O)=O)cc1.CC(C)(C)c1ccccc1. The van der Waals surface area contributed by atoms with Gasteiger partial charge in [-0.15, -0.1) is 0 Å². The molecule has 0 amide bonds. The highest BCUT2D eigenvalue weighted by molar-refractivity contribution is 7.89. The Hall–Kier alpha value is -2.67. The highest BCUT2D eigenvalue weighted by Gasteiger charge is 2.52. The predicted octanol–water partition coefficient (Wildman–Crippen LogP) is 12.7. The Kier molecular flexibility index (Phi) is 20.1. The van der Waals surface area contributed by atoms with E-state index in [1.54, 1.807) is 20.8 Å². The molecule has 0 N–H and O–H groups in total. The van der Waals surface area contributed by atoms with E-state index in [1.165, 1.54) is 17.4 Å². The minimum absolute atomic E-state index is 0.115. The van der Waals surface area contributed by atoms with Crippen molar-refractivity contribution in [3.63, 3.8) is 0 Å². The molecular formula is C46H80O6S. The second-order valence-electron chi connectivity index (χ2n) is 21.6. The molecule has 1 saturated heterocycles. The zero-order chi connectivity index (χ0) is 42.5. The van der Waals surface area contributed by atoms with Crippen molar-refractivity contribution in [2.75, 3.05) is 6.26 Å². The maximum absolute atomic E-state index is 12.0. The normalized spacial score (nSPS) is 15.6. The molecule has 0 aromatic heterocycles. The highest BCUT2D eigenvalue weighted by atomic mass is 32.2. The van der Waals surface area contributed by atoms with E-state index in [1.807, 2.05) is 24.3 Å². The van der Waals surface area contributed by atoms with E-state index in [-0.39, 0.29) is 16.6 Å². The van der Waals surface area contributed by atoms with Crippen LogP contribution in [0.15, 0.2) is 54.6 Å². The second kappa shape index (κ2) is 20.3.